The van der Waals surface area contributed by atoms with Crippen molar-refractivity contribution in [3.05, 3.63) is 57.6 Å². The van der Waals surface area contributed by atoms with E-state index in [1.54, 1.807) is 0 Å². The van der Waals surface area contributed by atoms with Gasteiger partial charge in [0.15, 0.2) is 0 Å². The molecule has 0 bridgehead atoms. The van der Waals surface area contributed by atoms with E-state index < -0.39 is 11.8 Å². The molecule has 2 rings (SSSR count). The lowest BCUT2D eigenvalue weighted by molar-refractivity contribution is -0.139. The number of benzene rings is 2. The number of hydrogen-bond acceptors (Lipinski definition) is 5. The Bertz CT molecular complexity index is 884. The number of methoxy groups -OCH3 is 1. The number of anilines is 2. The number of nitrogens with zero attached hydrogens (tertiary/aromatic N) is 1. The molecule has 2 aromatic rings. The molecule has 2 aromatic carbocycles. The van der Waals surface area contributed by atoms with Crippen molar-refractivity contribution in [1.29, 1.82) is 0 Å². The average molecular weight is 447 g/mol. The predicted octanol–water partition coefficient (Wildman–Crippen LogP) is 3.02. The molecule has 0 aromatic heterocycles. The molecule has 3 N–H and O–H groups in total. The summed E-state index contributed by atoms with van der Waals surface area (Å²) in [5.74, 6) is -1.61. The van der Waals surface area contributed by atoms with Crippen LogP contribution in [0, 0.1) is 13.8 Å². The maximum Gasteiger partial charge on any atom is 0.329 e. The van der Waals surface area contributed by atoms with E-state index in [0.717, 1.165) is 32.5 Å². The number of hydrazone groups is 1. The summed E-state index contributed by atoms with van der Waals surface area (Å²) in [6.45, 7) is 4.63. The summed E-state index contributed by atoms with van der Waals surface area (Å²) >= 11 is 3.43. The Morgan fingerprint density at radius 3 is 2.64 bits per heavy atom. The number of ether oxygens (including phenoxy) is 1. The quantitative estimate of drug-likeness (QED) is 0.263. The fourth-order valence-electron chi connectivity index (χ4n) is 2.33. The number of halogens is 1. The van der Waals surface area contributed by atoms with Gasteiger partial charge in [-0.15, -0.1) is 0 Å². The van der Waals surface area contributed by atoms with Crippen LogP contribution in [0.3, 0.4) is 0 Å². The molecule has 0 saturated carbocycles. The molecule has 148 valence electrons. The smallest absolute Gasteiger partial charge is 0.329 e. The molecule has 0 heterocycles. The Labute approximate surface area is 172 Å². The van der Waals surface area contributed by atoms with Crippen molar-refractivity contribution in [2.45, 2.75) is 13.8 Å². The Hall–Kier alpha value is -2.71. The van der Waals surface area contributed by atoms with Gasteiger partial charge in [-0.25, -0.2) is 5.43 Å². The van der Waals surface area contributed by atoms with Crippen LogP contribution in [0.15, 0.2) is 46.0 Å². The summed E-state index contributed by atoms with van der Waals surface area (Å²) < 4.78 is 5.68. The molecular formula is C20H23BrN4O3. The van der Waals surface area contributed by atoms with E-state index in [2.05, 4.69) is 49.2 Å². The van der Waals surface area contributed by atoms with E-state index in [1.807, 2.05) is 38.1 Å². The minimum atomic E-state index is -0.841. The normalized spacial score (nSPS) is 10.7. The summed E-state index contributed by atoms with van der Waals surface area (Å²) in [6, 6.07) is 11.8. The minimum absolute atomic E-state index is 0.252. The van der Waals surface area contributed by atoms with Crippen LogP contribution in [-0.4, -0.2) is 38.3 Å². The van der Waals surface area contributed by atoms with Crippen molar-refractivity contribution in [2.75, 3.05) is 25.6 Å². The summed E-state index contributed by atoms with van der Waals surface area (Å²) in [4.78, 5) is 23.4. The molecule has 0 aliphatic carbocycles. The van der Waals surface area contributed by atoms with E-state index in [0.29, 0.717) is 6.61 Å². The van der Waals surface area contributed by atoms with Gasteiger partial charge in [-0.1, -0.05) is 28.1 Å². The first-order chi connectivity index (χ1) is 13.4. The molecule has 0 unspecified atom stereocenters. The van der Waals surface area contributed by atoms with Gasteiger partial charge in [-0.3, -0.25) is 9.59 Å². The second kappa shape index (κ2) is 10.6. The number of carbonyl (C=O) groups is 2. The molecule has 0 radical (unpaired) electrons. The number of rotatable bonds is 7. The van der Waals surface area contributed by atoms with Gasteiger partial charge in [0.1, 0.15) is 0 Å². The van der Waals surface area contributed by atoms with E-state index in [-0.39, 0.29) is 6.54 Å². The van der Waals surface area contributed by atoms with Crippen molar-refractivity contribution in [1.82, 2.24) is 10.7 Å². The third-order valence-electron chi connectivity index (χ3n) is 3.84. The molecule has 8 heteroatoms. The van der Waals surface area contributed by atoms with Gasteiger partial charge in [0.25, 0.3) is 0 Å². The van der Waals surface area contributed by atoms with Gasteiger partial charge >= 0.3 is 11.8 Å². The third kappa shape index (κ3) is 6.47. The van der Waals surface area contributed by atoms with Crippen molar-refractivity contribution in [2.24, 2.45) is 5.10 Å². The first-order valence-electron chi connectivity index (χ1n) is 8.64. The van der Waals surface area contributed by atoms with Gasteiger partial charge < -0.3 is 15.4 Å². The zero-order chi connectivity index (χ0) is 20.5. The van der Waals surface area contributed by atoms with Crippen LogP contribution in [-0.2, 0) is 14.3 Å². The summed E-state index contributed by atoms with van der Waals surface area (Å²) in [6.07, 6.45) is 1.48. The van der Waals surface area contributed by atoms with Crippen LogP contribution < -0.4 is 16.1 Å². The van der Waals surface area contributed by atoms with Gasteiger partial charge in [0.2, 0.25) is 0 Å². The lowest BCUT2D eigenvalue weighted by atomic mass is 10.1. The van der Waals surface area contributed by atoms with Gasteiger partial charge in [-0.2, -0.15) is 5.10 Å². The number of amides is 2. The van der Waals surface area contributed by atoms with E-state index in [9.17, 15) is 9.59 Å². The lowest BCUT2D eigenvalue weighted by Crippen LogP contribution is -2.39. The van der Waals surface area contributed by atoms with Crippen LogP contribution >= 0.6 is 15.9 Å². The predicted molar refractivity (Wildman–Crippen MR) is 114 cm³/mol. The van der Waals surface area contributed by atoms with Gasteiger partial charge in [-0.05, 0) is 49.2 Å². The average Bonchev–Trinajstić information content (AvgIpc) is 2.66. The molecule has 0 saturated heterocycles. The molecule has 28 heavy (non-hydrogen) atoms. The number of hydrogen-bond donors (Lipinski definition) is 3. The highest BCUT2D eigenvalue weighted by Crippen LogP contribution is 2.26. The highest BCUT2D eigenvalue weighted by Gasteiger charge is 2.11. The van der Waals surface area contributed by atoms with Gasteiger partial charge in [0.05, 0.1) is 12.8 Å². The van der Waals surface area contributed by atoms with E-state index in [1.165, 1.54) is 13.3 Å². The van der Waals surface area contributed by atoms with Gasteiger partial charge in [0, 0.05) is 35.1 Å². The second-order valence-electron chi connectivity index (χ2n) is 6.12. The topological polar surface area (TPSA) is 91.8 Å². The van der Waals surface area contributed by atoms with E-state index >= 15 is 0 Å². The molecule has 0 atom stereocenters. The monoisotopic (exact) mass is 446 g/mol. The molecule has 0 aliphatic rings. The van der Waals surface area contributed by atoms with Crippen LogP contribution in [0.4, 0.5) is 11.4 Å². The highest BCUT2D eigenvalue weighted by molar-refractivity contribution is 9.10. The Balaban J connectivity index is 2.09. The second-order valence-corrected chi connectivity index (χ2v) is 7.04. The zero-order valence-corrected chi connectivity index (χ0v) is 17.6. The van der Waals surface area contributed by atoms with Crippen LogP contribution in [0.25, 0.3) is 0 Å². The molecule has 0 spiro atoms. The van der Waals surface area contributed by atoms with Crippen molar-refractivity contribution in [3.63, 3.8) is 0 Å². The summed E-state index contributed by atoms with van der Waals surface area (Å²) in [7, 11) is 1.51. The first-order valence-corrected chi connectivity index (χ1v) is 9.44. The van der Waals surface area contributed by atoms with Crippen LogP contribution in [0.2, 0.25) is 0 Å². The maximum absolute atomic E-state index is 11.7. The Kier molecular flexibility index (Phi) is 8.16. The molecule has 0 aliphatic heterocycles. The molecule has 7 nitrogen and oxygen atoms in total. The largest absolute Gasteiger partial charge is 0.383 e. The van der Waals surface area contributed by atoms with Crippen LogP contribution in [0.5, 0.6) is 0 Å². The maximum atomic E-state index is 11.7. The third-order valence-corrected chi connectivity index (χ3v) is 4.34. The zero-order valence-electron chi connectivity index (χ0n) is 16.0. The standard InChI is InChI=1S/C20H23BrN4O3/c1-13-4-5-14(2)18(10-13)24-17-7-6-16(21)11-15(17)12-23-25-20(27)19(26)22-8-9-28-3/h4-7,10-12,24H,8-9H2,1-3H3,(H,22,26)(H,25,27)/b23-12-. The first kappa shape index (κ1) is 21.6. The SMILES string of the molecule is COCCNC(=O)C(=O)N/N=C\c1cc(Br)ccc1Nc1cc(C)ccc1C. The van der Waals surface area contributed by atoms with E-state index in [4.69, 9.17) is 4.74 Å². The van der Waals surface area contributed by atoms with Crippen LogP contribution in [0.1, 0.15) is 16.7 Å². The molecular weight excluding hydrogens is 424 g/mol. The summed E-state index contributed by atoms with van der Waals surface area (Å²) in [5.41, 5.74) is 7.03. The van der Waals surface area contributed by atoms with Crippen molar-refractivity contribution >= 4 is 45.3 Å². The molecule has 0 fully saturated rings. The number of aryl methyl sites for hydroxylation is 2. The fourth-order valence-corrected chi connectivity index (χ4v) is 2.71. The van der Waals surface area contributed by atoms with Crippen molar-refractivity contribution < 1.29 is 14.3 Å². The number of carbonyl (C=O) groups excluding carboxylic acids is 2. The minimum Gasteiger partial charge on any atom is -0.383 e. The highest BCUT2D eigenvalue weighted by atomic mass is 79.9. The fraction of sp³-hybridized carbons (Fsp3) is 0.250. The van der Waals surface area contributed by atoms with Crippen molar-refractivity contribution in [3.8, 4) is 0 Å². The number of nitrogens with one attached hydrogen (secondary N) is 3. The molecule has 2 amide bonds. The summed E-state index contributed by atoms with van der Waals surface area (Å²) in [5, 5.41) is 9.71. The lowest BCUT2D eigenvalue weighted by Gasteiger charge is -2.13. The Morgan fingerprint density at radius 1 is 1.11 bits per heavy atom. The Morgan fingerprint density at radius 2 is 1.89 bits per heavy atom.